The highest BCUT2D eigenvalue weighted by molar-refractivity contribution is 5.35. The molecular formula is C23H24N2O. The van der Waals surface area contributed by atoms with Crippen LogP contribution < -0.4 is 10.1 Å². The minimum absolute atomic E-state index is 0.420. The molecule has 0 fully saturated rings. The zero-order valence-corrected chi connectivity index (χ0v) is 14.9. The molecule has 3 aromatic rings. The van der Waals surface area contributed by atoms with Crippen LogP contribution >= 0.6 is 0 Å². The van der Waals surface area contributed by atoms with E-state index in [0.717, 1.165) is 18.0 Å². The van der Waals surface area contributed by atoms with E-state index < -0.39 is 0 Å². The lowest BCUT2D eigenvalue weighted by molar-refractivity contribution is 0.296. The summed E-state index contributed by atoms with van der Waals surface area (Å²) in [6.45, 7) is 1.29. The fourth-order valence-corrected chi connectivity index (χ4v) is 3.63. The molecule has 1 aliphatic carbocycles. The predicted octanol–water partition coefficient (Wildman–Crippen LogP) is 4.83. The Morgan fingerprint density at radius 1 is 0.962 bits per heavy atom. The fraction of sp³-hybridized carbons (Fsp3) is 0.261. The summed E-state index contributed by atoms with van der Waals surface area (Å²) in [4.78, 5) is 4.33. The average molecular weight is 344 g/mol. The summed E-state index contributed by atoms with van der Waals surface area (Å²) in [7, 11) is 0. The Labute approximate surface area is 155 Å². The van der Waals surface area contributed by atoms with Crippen LogP contribution in [0.1, 0.15) is 41.3 Å². The molecule has 0 amide bonds. The molecule has 1 N–H and O–H groups in total. The van der Waals surface area contributed by atoms with E-state index >= 15 is 0 Å². The van der Waals surface area contributed by atoms with Crippen molar-refractivity contribution >= 4 is 0 Å². The van der Waals surface area contributed by atoms with Gasteiger partial charge in [-0.2, -0.15) is 0 Å². The number of nitrogens with zero attached hydrogens (tertiary/aromatic N) is 1. The normalized spacial score (nSPS) is 16.1. The third kappa shape index (κ3) is 3.94. The van der Waals surface area contributed by atoms with Gasteiger partial charge in [-0.15, -0.1) is 0 Å². The first-order chi connectivity index (χ1) is 12.9. The number of ether oxygens (including phenoxy) is 1. The number of hydrogen-bond acceptors (Lipinski definition) is 3. The van der Waals surface area contributed by atoms with Crippen molar-refractivity contribution in [2.75, 3.05) is 0 Å². The van der Waals surface area contributed by atoms with E-state index in [1.807, 2.05) is 30.3 Å². The van der Waals surface area contributed by atoms with E-state index in [1.54, 1.807) is 6.20 Å². The van der Waals surface area contributed by atoms with Crippen LogP contribution in [0, 0.1) is 0 Å². The molecule has 3 heteroatoms. The molecule has 132 valence electrons. The molecule has 1 atom stereocenters. The Morgan fingerprint density at radius 2 is 1.81 bits per heavy atom. The van der Waals surface area contributed by atoms with Gasteiger partial charge in [0.1, 0.15) is 12.4 Å². The molecule has 0 aliphatic heterocycles. The number of benzene rings is 2. The summed E-state index contributed by atoms with van der Waals surface area (Å²) in [5.74, 6) is 0.926. The molecular weight excluding hydrogens is 320 g/mol. The van der Waals surface area contributed by atoms with Crippen LogP contribution in [0.3, 0.4) is 0 Å². The highest BCUT2D eigenvalue weighted by Crippen LogP contribution is 2.30. The van der Waals surface area contributed by atoms with Crippen molar-refractivity contribution in [3.63, 3.8) is 0 Å². The molecule has 0 saturated carbocycles. The van der Waals surface area contributed by atoms with E-state index in [4.69, 9.17) is 4.74 Å². The predicted molar refractivity (Wildman–Crippen MR) is 104 cm³/mol. The number of nitrogens with one attached hydrogen (secondary N) is 1. The highest BCUT2D eigenvalue weighted by Gasteiger charge is 2.19. The van der Waals surface area contributed by atoms with Gasteiger partial charge in [0.25, 0.3) is 0 Å². The second-order valence-corrected chi connectivity index (χ2v) is 6.74. The van der Waals surface area contributed by atoms with Crippen molar-refractivity contribution in [1.82, 2.24) is 10.3 Å². The van der Waals surface area contributed by atoms with Gasteiger partial charge in [0.15, 0.2) is 0 Å². The molecule has 26 heavy (non-hydrogen) atoms. The van der Waals surface area contributed by atoms with E-state index in [0.29, 0.717) is 12.6 Å². The minimum atomic E-state index is 0.420. The Morgan fingerprint density at radius 3 is 2.73 bits per heavy atom. The maximum absolute atomic E-state index is 6.03. The van der Waals surface area contributed by atoms with Crippen LogP contribution in [0.4, 0.5) is 0 Å². The first-order valence-corrected chi connectivity index (χ1v) is 9.32. The standard InChI is InChI=1S/C23H24N2O/c1-3-12-21-18(8-1)10-7-13-22(21)25-16-19-9-2-4-14-23(19)26-17-20-11-5-6-15-24-20/h1-6,8-9,11-12,14-15,22,25H,7,10,13,16-17H2/t22-/m1/s1. The molecule has 1 aromatic heterocycles. The number of para-hydroxylation sites is 1. The average Bonchev–Trinajstić information content (AvgIpc) is 2.72. The van der Waals surface area contributed by atoms with Crippen molar-refractivity contribution in [3.05, 3.63) is 95.3 Å². The van der Waals surface area contributed by atoms with Crippen LogP contribution in [0.25, 0.3) is 0 Å². The second-order valence-electron chi connectivity index (χ2n) is 6.74. The quantitative estimate of drug-likeness (QED) is 0.695. The van der Waals surface area contributed by atoms with Gasteiger partial charge in [-0.25, -0.2) is 0 Å². The summed E-state index contributed by atoms with van der Waals surface area (Å²) < 4.78 is 6.03. The number of aromatic nitrogens is 1. The van der Waals surface area contributed by atoms with Crippen LogP contribution in [0.2, 0.25) is 0 Å². The van der Waals surface area contributed by atoms with E-state index in [1.165, 1.54) is 36.0 Å². The maximum atomic E-state index is 6.03. The number of pyridine rings is 1. The molecule has 2 aromatic carbocycles. The Bertz CT molecular complexity index is 848. The van der Waals surface area contributed by atoms with E-state index in [9.17, 15) is 0 Å². The second kappa shape index (κ2) is 8.15. The summed E-state index contributed by atoms with van der Waals surface area (Å²) in [5, 5.41) is 3.74. The SMILES string of the molecule is c1ccc(COc2ccccc2CN[C@@H]2CCCc3ccccc32)nc1. The van der Waals surface area contributed by atoms with Gasteiger partial charge in [-0.3, -0.25) is 4.98 Å². The van der Waals surface area contributed by atoms with Crippen molar-refractivity contribution in [3.8, 4) is 5.75 Å². The highest BCUT2D eigenvalue weighted by atomic mass is 16.5. The van der Waals surface area contributed by atoms with E-state index in [2.05, 4.69) is 46.7 Å². The van der Waals surface area contributed by atoms with Crippen LogP contribution in [-0.2, 0) is 19.6 Å². The van der Waals surface area contributed by atoms with Gasteiger partial charge in [-0.1, -0.05) is 48.5 Å². The number of fused-ring (bicyclic) bond motifs is 1. The molecule has 4 rings (SSSR count). The third-order valence-corrected chi connectivity index (χ3v) is 4.98. The molecule has 0 saturated heterocycles. The third-order valence-electron chi connectivity index (χ3n) is 4.98. The summed E-state index contributed by atoms with van der Waals surface area (Å²) in [5.41, 5.74) is 5.06. The first-order valence-electron chi connectivity index (χ1n) is 9.32. The van der Waals surface area contributed by atoms with Crippen LogP contribution in [0.15, 0.2) is 72.9 Å². The van der Waals surface area contributed by atoms with Gasteiger partial charge in [-0.05, 0) is 48.6 Å². The van der Waals surface area contributed by atoms with Crippen molar-refractivity contribution in [2.45, 2.75) is 38.5 Å². The maximum Gasteiger partial charge on any atom is 0.130 e. The molecule has 0 spiro atoms. The monoisotopic (exact) mass is 344 g/mol. The lowest BCUT2D eigenvalue weighted by atomic mass is 9.87. The zero-order valence-electron chi connectivity index (χ0n) is 14.9. The van der Waals surface area contributed by atoms with Gasteiger partial charge in [0, 0.05) is 24.3 Å². The first kappa shape index (κ1) is 16.8. The number of aryl methyl sites for hydroxylation is 1. The fourth-order valence-electron chi connectivity index (χ4n) is 3.63. The van der Waals surface area contributed by atoms with Crippen LogP contribution in [-0.4, -0.2) is 4.98 Å². The summed E-state index contributed by atoms with van der Waals surface area (Å²) >= 11 is 0. The molecule has 1 heterocycles. The minimum Gasteiger partial charge on any atom is -0.487 e. The van der Waals surface area contributed by atoms with Crippen molar-refractivity contribution in [1.29, 1.82) is 0 Å². The Kier molecular flexibility index (Phi) is 5.27. The smallest absolute Gasteiger partial charge is 0.130 e. The van der Waals surface area contributed by atoms with Gasteiger partial charge in [0.2, 0.25) is 0 Å². The molecule has 0 bridgehead atoms. The van der Waals surface area contributed by atoms with Gasteiger partial charge >= 0.3 is 0 Å². The van der Waals surface area contributed by atoms with Crippen molar-refractivity contribution in [2.24, 2.45) is 0 Å². The van der Waals surface area contributed by atoms with Crippen LogP contribution in [0.5, 0.6) is 5.75 Å². The van der Waals surface area contributed by atoms with Gasteiger partial charge < -0.3 is 10.1 Å². The topological polar surface area (TPSA) is 34.1 Å². The van der Waals surface area contributed by atoms with Gasteiger partial charge in [0.05, 0.1) is 5.69 Å². The molecule has 0 unspecified atom stereocenters. The Hall–Kier alpha value is -2.65. The molecule has 1 aliphatic rings. The number of rotatable bonds is 6. The van der Waals surface area contributed by atoms with E-state index in [-0.39, 0.29) is 0 Å². The number of hydrogen-bond donors (Lipinski definition) is 1. The Balaban J connectivity index is 1.43. The zero-order chi connectivity index (χ0) is 17.6. The van der Waals surface area contributed by atoms with Crippen molar-refractivity contribution < 1.29 is 4.74 Å². The lowest BCUT2D eigenvalue weighted by Gasteiger charge is -2.26. The summed E-state index contributed by atoms with van der Waals surface area (Å²) in [6.07, 6.45) is 5.42. The molecule has 0 radical (unpaired) electrons. The lowest BCUT2D eigenvalue weighted by Crippen LogP contribution is -2.25. The summed E-state index contributed by atoms with van der Waals surface area (Å²) in [6, 6.07) is 23.4. The largest absolute Gasteiger partial charge is 0.487 e. The molecule has 3 nitrogen and oxygen atoms in total.